The lowest BCUT2D eigenvalue weighted by atomic mass is 10.0. The molecular formula is C16H19N3OS. The molecule has 0 atom stereocenters. The Kier molecular flexibility index (Phi) is 4.20. The van der Waals surface area contributed by atoms with Crippen LogP contribution in [-0.4, -0.2) is 24.0 Å². The van der Waals surface area contributed by atoms with Crippen molar-refractivity contribution >= 4 is 22.9 Å². The number of hydrogen-bond acceptors (Lipinski definition) is 4. The number of benzene rings is 1. The number of aryl methyl sites for hydroxylation is 2. The van der Waals surface area contributed by atoms with Crippen LogP contribution in [0, 0.1) is 6.92 Å². The van der Waals surface area contributed by atoms with Gasteiger partial charge in [-0.15, -0.1) is 11.3 Å². The first-order valence-corrected chi connectivity index (χ1v) is 8.16. The summed E-state index contributed by atoms with van der Waals surface area (Å²) in [6.07, 6.45) is 2.95. The van der Waals surface area contributed by atoms with Crippen LogP contribution in [0.25, 0.3) is 0 Å². The minimum absolute atomic E-state index is 0.00433. The first-order valence-electron chi connectivity index (χ1n) is 7.28. The summed E-state index contributed by atoms with van der Waals surface area (Å²) in [5.41, 5.74) is 4.19. The predicted molar refractivity (Wildman–Crippen MR) is 86.1 cm³/mol. The average molecular weight is 301 g/mol. The molecule has 0 radical (unpaired) electrons. The van der Waals surface area contributed by atoms with Gasteiger partial charge in [0, 0.05) is 36.1 Å². The van der Waals surface area contributed by atoms with Crippen LogP contribution >= 0.6 is 11.3 Å². The lowest BCUT2D eigenvalue weighted by Crippen LogP contribution is -2.26. The van der Waals surface area contributed by atoms with Crippen molar-refractivity contribution in [2.75, 3.05) is 18.4 Å². The fourth-order valence-corrected chi connectivity index (χ4v) is 3.19. The van der Waals surface area contributed by atoms with E-state index in [9.17, 15) is 4.79 Å². The van der Waals surface area contributed by atoms with Crippen molar-refractivity contribution in [2.24, 2.45) is 0 Å². The summed E-state index contributed by atoms with van der Waals surface area (Å²) in [7, 11) is 0. The molecule has 0 spiro atoms. The highest BCUT2D eigenvalue weighted by Gasteiger charge is 2.12. The van der Waals surface area contributed by atoms with Crippen molar-refractivity contribution in [1.82, 2.24) is 10.3 Å². The summed E-state index contributed by atoms with van der Waals surface area (Å²) in [6, 6.07) is 5.90. The number of nitrogens with one attached hydrogen (secondary N) is 2. The predicted octanol–water partition coefficient (Wildman–Crippen LogP) is 2.78. The van der Waals surface area contributed by atoms with Gasteiger partial charge in [0.2, 0.25) is 0 Å². The zero-order chi connectivity index (χ0) is 14.7. The third-order valence-corrected chi connectivity index (χ3v) is 4.46. The molecule has 2 heterocycles. The first-order chi connectivity index (χ1) is 10.2. The van der Waals surface area contributed by atoms with Gasteiger partial charge in [0.1, 0.15) is 0 Å². The van der Waals surface area contributed by atoms with E-state index in [0.717, 1.165) is 47.8 Å². The van der Waals surface area contributed by atoms with Crippen LogP contribution in [0.3, 0.4) is 0 Å². The molecule has 1 aromatic carbocycles. The van der Waals surface area contributed by atoms with E-state index >= 15 is 0 Å². The number of carbonyl (C=O) groups excluding carboxylic acids is 1. The molecule has 1 aromatic heterocycles. The summed E-state index contributed by atoms with van der Waals surface area (Å²) in [5.74, 6) is -0.00433. The molecule has 1 aliphatic heterocycles. The first kappa shape index (κ1) is 14.1. The third-order valence-electron chi connectivity index (χ3n) is 3.64. The summed E-state index contributed by atoms with van der Waals surface area (Å²) in [6.45, 7) is 3.64. The molecule has 2 aromatic rings. The number of thiazole rings is 1. The van der Waals surface area contributed by atoms with Gasteiger partial charge >= 0.3 is 0 Å². The topological polar surface area (TPSA) is 54.0 Å². The lowest BCUT2D eigenvalue weighted by molar-refractivity contribution is 0.0954. The van der Waals surface area contributed by atoms with Crippen LogP contribution in [-0.2, 0) is 12.8 Å². The number of aromatic nitrogens is 1. The average Bonchev–Trinajstić information content (AvgIpc) is 2.92. The molecule has 3 rings (SSSR count). The van der Waals surface area contributed by atoms with Crippen molar-refractivity contribution in [3.8, 4) is 0 Å². The molecule has 0 unspecified atom stereocenters. The lowest BCUT2D eigenvalue weighted by Gasteiger charge is -2.18. The number of rotatable bonds is 4. The van der Waals surface area contributed by atoms with E-state index in [0.29, 0.717) is 6.54 Å². The molecule has 4 nitrogen and oxygen atoms in total. The maximum absolute atomic E-state index is 12.2. The molecule has 1 amide bonds. The molecule has 0 saturated heterocycles. The largest absolute Gasteiger partial charge is 0.385 e. The highest BCUT2D eigenvalue weighted by atomic mass is 32.1. The van der Waals surface area contributed by atoms with Crippen molar-refractivity contribution in [3.05, 3.63) is 45.4 Å². The summed E-state index contributed by atoms with van der Waals surface area (Å²) < 4.78 is 0. The van der Waals surface area contributed by atoms with E-state index in [4.69, 9.17) is 0 Å². The van der Waals surface area contributed by atoms with Gasteiger partial charge in [0.05, 0.1) is 10.7 Å². The Labute approximate surface area is 128 Å². The van der Waals surface area contributed by atoms with Gasteiger partial charge in [0.25, 0.3) is 5.91 Å². The van der Waals surface area contributed by atoms with Crippen LogP contribution in [0.15, 0.2) is 23.6 Å². The van der Waals surface area contributed by atoms with Crippen molar-refractivity contribution in [2.45, 2.75) is 26.2 Å². The van der Waals surface area contributed by atoms with Gasteiger partial charge in [-0.05, 0) is 43.5 Å². The summed E-state index contributed by atoms with van der Waals surface area (Å²) >= 11 is 1.64. The van der Waals surface area contributed by atoms with Gasteiger partial charge in [-0.2, -0.15) is 0 Å². The molecule has 0 bridgehead atoms. The highest BCUT2D eigenvalue weighted by Crippen LogP contribution is 2.22. The Hall–Kier alpha value is -1.88. The number of amides is 1. The van der Waals surface area contributed by atoms with E-state index in [1.54, 1.807) is 11.3 Å². The number of anilines is 1. The van der Waals surface area contributed by atoms with Crippen LogP contribution in [0.1, 0.15) is 33.0 Å². The monoisotopic (exact) mass is 301 g/mol. The van der Waals surface area contributed by atoms with E-state index in [-0.39, 0.29) is 5.91 Å². The second-order valence-electron chi connectivity index (χ2n) is 5.27. The number of nitrogens with zero attached hydrogens (tertiary/aromatic N) is 1. The maximum atomic E-state index is 12.2. The summed E-state index contributed by atoms with van der Waals surface area (Å²) in [5, 5.41) is 9.44. The second-order valence-corrected chi connectivity index (χ2v) is 6.33. The van der Waals surface area contributed by atoms with Crippen LogP contribution in [0.2, 0.25) is 0 Å². The van der Waals surface area contributed by atoms with Crippen LogP contribution in [0.5, 0.6) is 0 Å². The van der Waals surface area contributed by atoms with Crippen molar-refractivity contribution in [1.29, 1.82) is 0 Å². The molecule has 21 heavy (non-hydrogen) atoms. The second kappa shape index (κ2) is 6.26. The zero-order valence-corrected chi connectivity index (χ0v) is 12.9. The van der Waals surface area contributed by atoms with Gasteiger partial charge in [-0.25, -0.2) is 4.98 Å². The minimum atomic E-state index is -0.00433. The Morgan fingerprint density at radius 3 is 3.19 bits per heavy atom. The molecule has 0 aliphatic carbocycles. The quantitative estimate of drug-likeness (QED) is 0.913. The molecule has 110 valence electrons. The molecule has 5 heteroatoms. The fraction of sp³-hybridized carbons (Fsp3) is 0.375. The van der Waals surface area contributed by atoms with Crippen molar-refractivity contribution < 1.29 is 4.79 Å². The Balaban J connectivity index is 1.57. The normalized spacial score (nSPS) is 13.4. The van der Waals surface area contributed by atoms with E-state index in [1.165, 1.54) is 5.56 Å². The Bertz CT molecular complexity index is 651. The molecular weight excluding hydrogens is 282 g/mol. The van der Waals surface area contributed by atoms with Gasteiger partial charge in [-0.1, -0.05) is 0 Å². The minimum Gasteiger partial charge on any atom is -0.385 e. The van der Waals surface area contributed by atoms with E-state index < -0.39 is 0 Å². The fourth-order valence-electron chi connectivity index (χ4n) is 2.55. The smallest absolute Gasteiger partial charge is 0.251 e. The van der Waals surface area contributed by atoms with Crippen LogP contribution in [0.4, 0.5) is 5.69 Å². The molecule has 1 aliphatic rings. The van der Waals surface area contributed by atoms with Gasteiger partial charge < -0.3 is 10.6 Å². The van der Waals surface area contributed by atoms with E-state index in [1.807, 2.05) is 30.5 Å². The maximum Gasteiger partial charge on any atom is 0.251 e. The van der Waals surface area contributed by atoms with Gasteiger partial charge in [-0.3, -0.25) is 4.79 Å². The summed E-state index contributed by atoms with van der Waals surface area (Å²) in [4.78, 5) is 16.6. The Morgan fingerprint density at radius 1 is 1.48 bits per heavy atom. The number of carbonyl (C=O) groups is 1. The number of hydrogen-bond donors (Lipinski definition) is 2. The Morgan fingerprint density at radius 2 is 2.38 bits per heavy atom. The third kappa shape index (κ3) is 3.42. The molecule has 2 N–H and O–H groups in total. The highest BCUT2D eigenvalue weighted by molar-refractivity contribution is 7.09. The zero-order valence-electron chi connectivity index (χ0n) is 12.1. The SMILES string of the molecule is Cc1nc(CCNC(=O)c2ccc3c(c2)CCCN3)cs1. The number of fused-ring (bicyclic) bond motifs is 1. The van der Waals surface area contributed by atoms with Crippen LogP contribution < -0.4 is 10.6 Å². The van der Waals surface area contributed by atoms with Gasteiger partial charge in [0.15, 0.2) is 0 Å². The molecule has 0 saturated carbocycles. The van der Waals surface area contributed by atoms with E-state index in [2.05, 4.69) is 15.6 Å². The molecule has 0 fully saturated rings. The standard InChI is InChI=1S/C16H19N3OS/c1-11-19-14(10-21-11)6-8-18-16(20)13-4-5-15-12(9-13)3-2-7-17-15/h4-5,9-10,17H,2-3,6-8H2,1H3,(H,18,20). The van der Waals surface area contributed by atoms with Crippen molar-refractivity contribution in [3.63, 3.8) is 0 Å².